The first kappa shape index (κ1) is 23.2. The van der Waals surface area contributed by atoms with Crippen molar-refractivity contribution in [1.82, 2.24) is 0 Å². The summed E-state index contributed by atoms with van der Waals surface area (Å²) < 4.78 is 6.23. The number of hydrogen-bond acceptors (Lipinski definition) is 3. The molecule has 0 fully saturated rings. The van der Waals surface area contributed by atoms with E-state index in [2.05, 4.69) is 27.3 Å². The first-order valence-electron chi connectivity index (χ1n) is 8.90. The summed E-state index contributed by atoms with van der Waals surface area (Å²) in [7, 11) is 0. The van der Waals surface area contributed by atoms with E-state index in [1.54, 1.807) is 66.7 Å². The normalized spacial score (nSPS) is 11.0. The zero-order valence-electron chi connectivity index (χ0n) is 15.8. The minimum atomic E-state index is -0.303. The lowest BCUT2D eigenvalue weighted by molar-refractivity contribution is -0.118. The van der Waals surface area contributed by atoms with Gasteiger partial charge in [0, 0.05) is 21.3 Å². The van der Waals surface area contributed by atoms with Crippen molar-refractivity contribution < 1.29 is 9.53 Å². The van der Waals surface area contributed by atoms with Crippen LogP contribution in [0.5, 0.6) is 5.75 Å². The molecule has 0 aliphatic heterocycles. The number of allylic oxidation sites excluding steroid dienone is 1. The fourth-order valence-electron chi connectivity index (χ4n) is 2.64. The van der Waals surface area contributed by atoms with Crippen LogP contribution in [0.3, 0.4) is 0 Å². The van der Waals surface area contributed by atoms with Gasteiger partial charge in [-0.1, -0.05) is 46.9 Å². The van der Waals surface area contributed by atoms with Crippen LogP contribution in [-0.4, -0.2) is 12.5 Å². The topological polar surface area (TPSA) is 62.1 Å². The van der Waals surface area contributed by atoms with Gasteiger partial charge in [0.25, 0.3) is 5.91 Å². The average Bonchev–Trinajstić information content (AvgIpc) is 2.73. The Kier molecular flexibility index (Phi) is 8.00. The number of carbonyl (C=O) groups excluding carboxylic acids is 1. The highest BCUT2D eigenvalue weighted by Gasteiger charge is 2.10. The highest BCUT2D eigenvalue weighted by Crippen LogP contribution is 2.31. The quantitative estimate of drug-likeness (QED) is 0.262. The maximum absolute atomic E-state index is 12.1. The molecule has 0 heterocycles. The summed E-state index contributed by atoms with van der Waals surface area (Å²) in [6.07, 6.45) is 1.71. The van der Waals surface area contributed by atoms with Gasteiger partial charge in [-0.15, -0.1) is 0 Å². The molecule has 3 aromatic rings. The Morgan fingerprint density at radius 3 is 2.39 bits per heavy atom. The van der Waals surface area contributed by atoms with E-state index in [1.807, 2.05) is 0 Å². The minimum Gasteiger partial charge on any atom is -0.483 e. The Bertz CT molecular complexity index is 1190. The minimum absolute atomic E-state index is 0.166. The molecule has 0 aromatic heterocycles. The number of anilines is 1. The molecular formula is C23H14BrCl3N2O2. The van der Waals surface area contributed by atoms with Gasteiger partial charge in [-0.25, -0.2) is 0 Å². The molecule has 8 heteroatoms. The van der Waals surface area contributed by atoms with Gasteiger partial charge in [0.2, 0.25) is 0 Å². The molecule has 0 aliphatic rings. The van der Waals surface area contributed by atoms with Gasteiger partial charge in [0.15, 0.2) is 6.61 Å². The Balaban J connectivity index is 1.69. The van der Waals surface area contributed by atoms with Crippen LogP contribution in [-0.2, 0) is 4.79 Å². The highest BCUT2D eigenvalue weighted by atomic mass is 79.9. The van der Waals surface area contributed by atoms with Gasteiger partial charge < -0.3 is 10.1 Å². The summed E-state index contributed by atoms with van der Waals surface area (Å²) >= 11 is 21.4. The van der Waals surface area contributed by atoms with Crippen molar-refractivity contribution in [3.63, 3.8) is 0 Å². The van der Waals surface area contributed by atoms with Crippen molar-refractivity contribution in [2.75, 3.05) is 11.9 Å². The van der Waals surface area contributed by atoms with E-state index in [9.17, 15) is 10.1 Å². The molecule has 0 spiro atoms. The molecule has 0 saturated carbocycles. The summed E-state index contributed by atoms with van der Waals surface area (Å²) in [5.74, 6) is 0.189. The summed E-state index contributed by atoms with van der Waals surface area (Å²) in [5.41, 5.74) is 2.36. The number of hydrogen-bond donors (Lipinski definition) is 1. The molecule has 0 aliphatic carbocycles. The van der Waals surface area contributed by atoms with Crippen LogP contribution in [0.4, 0.5) is 5.69 Å². The van der Waals surface area contributed by atoms with Gasteiger partial charge in [0.05, 0.1) is 21.1 Å². The fourth-order valence-corrected chi connectivity index (χ4v) is 3.79. The van der Waals surface area contributed by atoms with Gasteiger partial charge in [-0.05, 0) is 76.1 Å². The zero-order valence-corrected chi connectivity index (χ0v) is 19.7. The molecule has 0 saturated heterocycles. The maximum atomic E-state index is 12.1. The van der Waals surface area contributed by atoms with Crippen molar-refractivity contribution in [2.24, 2.45) is 0 Å². The molecular weight excluding hydrogens is 523 g/mol. The number of carbonyl (C=O) groups is 1. The van der Waals surface area contributed by atoms with Crippen LogP contribution >= 0.6 is 50.7 Å². The second kappa shape index (κ2) is 10.7. The monoisotopic (exact) mass is 534 g/mol. The Morgan fingerprint density at radius 2 is 1.74 bits per heavy atom. The molecule has 3 aromatic carbocycles. The predicted molar refractivity (Wildman–Crippen MR) is 130 cm³/mol. The van der Waals surface area contributed by atoms with Crippen LogP contribution in [0, 0.1) is 11.3 Å². The van der Waals surface area contributed by atoms with E-state index in [-0.39, 0.29) is 12.5 Å². The van der Waals surface area contributed by atoms with E-state index in [1.165, 1.54) is 0 Å². The fraction of sp³-hybridized carbons (Fsp3) is 0.0435. The van der Waals surface area contributed by atoms with Crippen LogP contribution in [0.15, 0.2) is 65.1 Å². The van der Waals surface area contributed by atoms with E-state index in [0.29, 0.717) is 42.1 Å². The highest BCUT2D eigenvalue weighted by molar-refractivity contribution is 9.10. The first-order valence-corrected chi connectivity index (χ1v) is 10.8. The molecule has 0 unspecified atom stereocenters. The van der Waals surface area contributed by atoms with Crippen LogP contribution in [0.2, 0.25) is 15.1 Å². The SMILES string of the molecule is N#C/C(=C\c1ccc(OCC(=O)Nc2ccc(Cl)cc2)c(Br)c1)c1ccc(Cl)cc1Cl. The number of rotatable bonds is 6. The van der Waals surface area contributed by atoms with Crippen LogP contribution in [0.1, 0.15) is 11.1 Å². The number of ether oxygens (including phenoxy) is 1. The van der Waals surface area contributed by atoms with Crippen molar-refractivity contribution in [3.8, 4) is 11.8 Å². The van der Waals surface area contributed by atoms with Crippen molar-refractivity contribution >= 4 is 74.0 Å². The number of nitrogens with zero attached hydrogens (tertiary/aromatic N) is 1. The van der Waals surface area contributed by atoms with Gasteiger partial charge in [-0.2, -0.15) is 5.26 Å². The lowest BCUT2D eigenvalue weighted by atomic mass is 10.0. The molecule has 31 heavy (non-hydrogen) atoms. The van der Waals surface area contributed by atoms with E-state index in [0.717, 1.165) is 5.56 Å². The van der Waals surface area contributed by atoms with E-state index in [4.69, 9.17) is 39.5 Å². The third kappa shape index (κ3) is 6.49. The van der Waals surface area contributed by atoms with E-state index < -0.39 is 0 Å². The van der Waals surface area contributed by atoms with Crippen LogP contribution < -0.4 is 10.1 Å². The average molecular weight is 537 g/mol. The second-order valence-electron chi connectivity index (χ2n) is 6.33. The largest absolute Gasteiger partial charge is 0.483 e. The van der Waals surface area contributed by atoms with Crippen molar-refractivity contribution in [2.45, 2.75) is 0 Å². The molecule has 3 rings (SSSR count). The number of halogens is 4. The van der Waals surface area contributed by atoms with Crippen molar-refractivity contribution in [3.05, 3.63) is 91.3 Å². The molecule has 156 valence electrons. The Hall–Kier alpha value is -2.49. The summed E-state index contributed by atoms with van der Waals surface area (Å²) in [4.78, 5) is 12.1. The molecule has 0 bridgehead atoms. The van der Waals surface area contributed by atoms with Crippen molar-refractivity contribution in [1.29, 1.82) is 5.26 Å². The second-order valence-corrected chi connectivity index (χ2v) is 8.46. The van der Waals surface area contributed by atoms with Gasteiger partial charge in [0.1, 0.15) is 5.75 Å². The molecule has 0 atom stereocenters. The van der Waals surface area contributed by atoms with Gasteiger partial charge in [-0.3, -0.25) is 4.79 Å². The first-order chi connectivity index (χ1) is 14.9. The maximum Gasteiger partial charge on any atom is 0.262 e. The Morgan fingerprint density at radius 1 is 1.03 bits per heavy atom. The number of amides is 1. The molecule has 1 N–H and O–H groups in total. The number of nitriles is 1. The molecule has 0 radical (unpaired) electrons. The summed E-state index contributed by atoms with van der Waals surface area (Å²) in [6.45, 7) is -0.166. The smallest absolute Gasteiger partial charge is 0.262 e. The molecule has 1 amide bonds. The lowest BCUT2D eigenvalue weighted by Gasteiger charge is -2.10. The zero-order chi connectivity index (χ0) is 22.4. The third-order valence-corrected chi connectivity index (χ3v) is 5.51. The van der Waals surface area contributed by atoms with Crippen LogP contribution in [0.25, 0.3) is 11.6 Å². The van der Waals surface area contributed by atoms with E-state index >= 15 is 0 Å². The third-order valence-electron chi connectivity index (χ3n) is 4.10. The summed E-state index contributed by atoms with van der Waals surface area (Å²) in [5, 5.41) is 13.7. The predicted octanol–water partition coefficient (Wildman–Crippen LogP) is 7.49. The van der Waals surface area contributed by atoms with Gasteiger partial charge >= 0.3 is 0 Å². The number of benzene rings is 3. The Labute approximate surface area is 203 Å². The summed E-state index contributed by atoms with van der Waals surface area (Å²) in [6, 6.07) is 19.2. The standard InChI is InChI=1S/C23H14BrCl3N2O2/c24-20-10-14(9-15(12-28)19-7-4-17(26)11-21(19)27)1-8-22(20)31-13-23(30)29-18-5-2-16(25)3-6-18/h1-11H,13H2,(H,29,30)/b15-9+. The molecule has 4 nitrogen and oxygen atoms in total. The number of nitrogens with one attached hydrogen (secondary N) is 1. The lowest BCUT2D eigenvalue weighted by Crippen LogP contribution is -2.20.